The summed E-state index contributed by atoms with van der Waals surface area (Å²) < 4.78 is 5.02. The van der Waals surface area contributed by atoms with E-state index >= 15 is 0 Å². The van der Waals surface area contributed by atoms with Crippen LogP contribution in [0.25, 0.3) is 0 Å². The van der Waals surface area contributed by atoms with Crippen LogP contribution in [-0.2, 0) is 23.9 Å². The minimum absolute atomic E-state index is 0.0909. The number of Topliss-reactive ketones (excluding diaryl/α,β-unsaturated/α-hetero) is 1. The Morgan fingerprint density at radius 2 is 1.74 bits per heavy atom. The molecule has 0 bridgehead atoms. The number of aliphatic hydroxyl groups is 1. The molecule has 10 heteroatoms. The molecule has 0 aromatic heterocycles. The van der Waals surface area contributed by atoms with Crippen molar-refractivity contribution in [2.75, 3.05) is 12.3 Å². The van der Waals surface area contributed by atoms with E-state index in [0.717, 1.165) is 19.3 Å². The number of allylic oxidation sites excluding steroid dienone is 1. The quantitative estimate of drug-likeness (QED) is 0.0832. The number of thioether (sulfide) groups is 1. The van der Waals surface area contributed by atoms with Crippen molar-refractivity contribution in [3.63, 3.8) is 0 Å². The number of carbonyl (C=O) groups excluding carboxylic acids is 3. The van der Waals surface area contributed by atoms with Crippen LogP contribution in [0.5, 0.6) is 0 Å². The zero-order valence-corrected chi connectivity index (χ0v) is 23.7. The number of amides is 1. The Morgan fingerprint density at radius 1 is 1.11 bits per heavy atom. The molecular formula is C28H48N2O7S. The maximum Gasteiger partial charge on any atom is 0.322 e. The topological polar surface area (TPSA) is 156 Å². The molecule has 218 valence electrons. The fraction of sp³-hybridized carbons (Fsp3) is 0.786. The molecule has 38 heavy (non-hydrogen) atoms. The molecule has 0 aromatic carbocycles. The summed E-state index contributed by atoms with van der Waals surface area (Å²) in [6.07, 6.45) is 16.7. The first-order chi connectivity index (χ1) is 18.2. The SMILES string of the molecule is CCCCCCCCCCCC/C=C\[C@H](SC[C@H](N)C(=O)NCC(=O)O)[C@H](O)CCC(=O)[C@H]1CCC(=O)O1. The fourth-order valence-corrected chi connectivity index (χ4v) is 5.39. The predicted molar refractivity (Wildman–Crippen MR) is 150 cm³/mol. The summed E-state index contributed by atoms with van der Waals surface area (Å²) in [5.41, 5.74) is 5.90. The molecule has 5 N–H and O–H groups in total. The van der Waals surface area contributed by atoms with Crippen molar-refractivity contribution in [3.8, 4) is 0 Å². The van der Waals surface area contributed by atoms with Gasteiger partial charge in [0.25, 0.3) is 0 Å². The normalized spacial score (nSPS) is 17.8. The van der Waals surface area contributed by atoms with Crippen LogP contribution in [0, 0.1) is 0 Å². The van der Waals surface area contributed by atoms with E-state index in [9.17, 15) is 24.3 Å². The lowest BCUT2D eigenvalue weighted by atomic mass is 10.0. The highest BCUT2D eigenvalue weighted by molar-refractivity contribution is 8.00. The number of nitrogens with one attached hydrogen (secondary N) is 1. The van der Waals surface area contributed by atoms with E-state index in [0.29, 0.717) is 6.42 Å². The predicted octanol–water partition coefficient (Wildman–Crippen LogP) is 3.90. The fourth-order valence-electron chi connectivity index (χ4n) is 4.23. The number of carbonyl (C=O) groups is 4. The van der Waals surface area contributed by atoms with Gasteiger partial charge in [0, 0.05) is 30.3 Å². The van der Waals surface area contributed by atoms with Gasteiger partial charge in [-0.1, -0.05) is 76.9 Å². The monoisotopic (exact) mass is 556 g/mol. The van der Waals surface area contributed by atoms with Crippen LogP contribution >= 0.6 is 11.8 Å². The number of carboxylic acid groups (broad SMARTS) is 1. The van der Waals surface area contributed by atoms with Gasteiger partial charge in [0.1, 0.15) is 6.54 Å². The van der Waals surface area contributed by atoms with Crippen LogP contribution in [0.4, 0.5) is 0 Å². The van der Waals surface area contributed by atoms with Gasteiger partial charge in [0.15, 0.2) is 11.9 Å². The maximum absolute atomic E-state index is 12.3. The number of aliphatic hydroxyl groups excluding tert-OH is 1. The molecular weight excluding hydrogens is 508 g/mol. The molecule has 1 rings (SSSR count). The van der Waals surface area contributed by atoms with E-state index in [1.54, 1.807) is 0 Å². The number of aliphatic carboxylic acids is 1. The third-order valence-electron chi connectivity index (χ3n) is 6.58. The van der Waals surface area contributed by atoms with Gasteiger partial charge in [-0.25, -0.2) is 0 Å². The molecule has 1 amide bonds. The maximum atomic E-state index is 12.3. The number of carboxylic acids is 1. The average Bonchev–Trinajstić information content (AvgIpc) is 3.33. The summed E-state index contributed by atoms with van der Waals surface area (Å²) in [7, 11) is 0. The van der Waals surface area contributed by atoms with E-state index in [2.05, 4.69) is 12.2 Å². The van der Waals surface area contributed by atoms with Gasteiger partial charge >= 0.3 is 11.9 Å². The largest absolute Gasteiger partial charge is 0.480 e. The van der Waals surface area contributed by atoms with Gasteiger partial charge in [0.2, 0.25) is 5.91 Å². The van der Waals surface area contributed by atoms with Gasteiger partial charge < -0.3 is 26.0 Å². The summed E-state index contributed by atoms with van der Waals surface area (Å²) in [6, 6.07) is -0.927. The molecule has 1 fully saturated rings. The Bertz CT molecular complexity index is 747. The first kappa shape index (κ1) is 34.1. The number of unbranched alkanes of at least 4 members (excludes halogenated alkanes) is 10. The summed E-state index contributed by atoms with van der Waals surface area (Å²) in [6.45, 7) is 1.72. The lowest BCUT2D eigenvalue weighted by Crippen LogP contribution is -2.44. The summed E-state index contributed by atoms with van der Waals surface area (Å²) >= 11 is 1.30. The minimum atomic E-state index is -1.15. The standard InChI is InChI=1S/C28H48N2O7S/c1-2-3-4-5-6-7-8-9-10-11-12-13-14-25(38-20-21(29)28(36)30-19-26(33)34)23(32)16-15-22(31)24-17-18-27(35)37-24/h13-14,21,23-25,32H,2-12,15-20,29H2,1H3,(H,30,36)(H,33,34)/b14-13-/t21-,23+,24+,25-/m0/s1. The molecule has 1 heterocycles. The van der Waals surface area contributed by atoms with E-state index in [-0.39, 0.29) is 42.0 Å². The number of hydrogen-bond acceptors (Lipinski definition) is 8. The van der Waals surface area contributed by atoms with Gasteiger partial charge in [-0.05, 0) is 19.3 Å². The van der Waals surface area contributed by atoms with Crippen LogP contribution in [0.15, 0.2) is 12.2 Å². The number of ether oxygens (including phenoxy) is 1. The Balaban J connectivity index is 2.46. The zero-order chi connectivity index (χ0) is 28.2. The Hall–Kier alpha value is -1.91. The van der Waals surface area contributed by atoms with Crippen molar-refractivity contribution in [2.45, 2.75) is 127 Å². The lowest BCUT2D eigenvalue weighted by Gasteiger charge is -2.21. The summed E-state index contributed by atoms with van der Waals surface area (Å²) in [5.74, 6) is -2.11. The first-order valence-electron chi connectivity index (χ1n) is 14.2. The first-order valence-corrected chi connectivity index (χ1v) is 15.2. The molecule has 1 aliphatic heterocycles. The molecule has 0 radical (unpaired) electrons. The number of nitrogens with two attached hydrogens (primary N) is 1. The minimum Gasteiger partial charge on any atom is -0.480 e. The second-order valence-corrected chi connectivity index (χ2v) is 11.2. The summed E-state index contributed by atoms with van der Waals surface area (Å²) in [4.78, 5) is 46.3. The molecule has 0 spiro atoms. The molecule has 9 nitrogen and oxygen atoms in total. The van der Waals surface area contributed by atoms with E-state index < -0.39 is 36.7 Å². The van der Waals surface area contributed by atoms with E-state index in [1.165, 1.54) is 63.1 Å². The van der Waals surface area contributed by atoms with Crippen molar-refractivity contribution in [2.24, 2.45) is 5.73 Å². The Morgan fingerprint density at radius 3 is 2.32 bits per heavy atom. The number of cyclic esters (lactones) is 1. The molecule has 1 saturated heterocycles. The van der Waals surface area contributed by atoms with Gasteiger partial charge in [0.05, 0.1) is 12.1 Å². The van der Waals surface area contributed by atoms with Crippen LogP contribution in [-0.4, -0.2) is 69.6 Å². The third kappa shape index (κ3) is 16.1. The number of esters is 1. The molecule has 1 aliphatic rings. The molecule has 0 aliphatic carbocycles. The highest BCUT2D eigenvalue weighted by atomic mass is 32.2. The molecule has 0 unspecified atom stereocenters. The van der Waals surface area contributed by atoms with Crippen molar-refractivity contribution in [1.82, 2.24) is 5.32 Å². The van der Waals surface area contributed by atoms with Crippen LogP contribution in [0.1, 0.15) is 103 Å². The number of ketones is 1. The van der Waals surface area contributed by atoms with Gasteiger partial charge in [-0.3, -0.25) is 19.2 Å². The summed E-state index contributed by atoms with van der Waals surface area (Å²) in [5, 5.41) is 21.4. The number of rotatable bonds is 23. The van der Waals surface area contributed by atoms with Crippen LogP contribution in [0.2, 0.25) is 0 Å². The lowest BCUT2D eigenvalue weighted by molar-refractivity contribution is -0.147. The highest BCUT2D eigenvalue weighted by Crippen LogP contribution is 2.23. The van der Waals surface area contributed by atoms with E-state index in [4.69, 9.17) is 15.6 Å². The average molecular weight is 557 g/mol. The molecule has 0 saturated carbocycles. The van der Waals surface area contributed by atoms with Gasteiger partial charge in [-0.2, -0.15) is 0 Å². The van der Waals surface area contributed by atoms with Crippen LogP contribution < -0.4 is 11.1 Å². The Labute approximate surface area is 231 Å². The number of hydrogen-bond donors (Lipinski definition) is 4. The molecule has 0 aromatic rings. The zero-order valence-electron chi connectivity index (χ0n) is 22.9. The van der Waals surface area contributed by atoms with Crippen molar-refractivity contribution in [3.05, 3.63) is 12.2 Å². The highest BCUT2D eigenvalue weighted by Gasteiger charge is 2.30. The second kappa shape index (κ2) is 21.0. The second-order valence-electron chi connectivity index (χ2n) is 10.0. The molecule has 4 atom stereocenters. The van der Waals surface area contributed by atoms with E-state index in [1.807, 2.05) is 12.2 Å². The Kier molecular flexibility index (Phi) is 18.8. The van der Waals surface area contributed by atoms with Crippen molar-refractivity contribution in [1.29, 1.82) is 0 Å². The van der Waals surface area contributed by atoms with Crippen LogP contribution in [0.3, 0.4) is 0 Å². The third-order valence-corrected chi connectivity index (χ3v) is 7.99. The smallest absolute Gasteiger partial charge is 0.322 e. The van der Waals surface area contributed by atoms with Crippen molar-refractivity contribution < 1.29 is 34.1 Å². The van der Waals surface area contributed by atoms with Crippen molar-refractivity contribution >= 4 is 35.4 Å². The van der Waals surface area contributed by atoms with Gasteiger partial charge in [-0.15, -0.1) is 11.8 Å².